The minimum absolute atomic E-state index is 0.183. The third-order valence-electron chi connectivity index (χ3n) is 5.37. The highest BCUT2D eigenvalue weighted by Gasteiger charge is 2.36. The zero-order chi connectivity index (χ0) is 20.6. The van der Waals surface area contributed by atoms with E-state index in [2.05, 4.69) is 15.5 Å². The summed E-state index contributed by atoms with van der Waals surface area (Å²) < 4.78 is 23.1. The highest BCUT2D eigenvalue weighted by atomic mass is 32.2. The van der Waals surface area contributed by atoms with Gasteiger partial charge in [0.25, 0.3) is 5.91 Å². The van der Waals surface area contributed by atoms with Crippen LogP contribution in [0.4, 0.5) is 0 Å². The molecule has 4 rings (SSSR count). The summed E-state index contributed by atoms with van der Waals surface area (Å²) >= 11 is 0. The van der Waals surface area contributed by atoms with Gasteiger partial charge in [-0.2, -0.15) is 4.98 Å². The van der Waals surface area contributed by atoms with E-state index in [1.165, 1.54) is 31.2 Å². The molecule has 1 aromatic heterocycles. The molecule has 156 valence electrons. The van der Waals surface area contributed by atoms with Crippen molar-refractivity contribution < 1.29 is 18.3 Å². The van der Waals surface area contributed by atoms with Crippen LogP contribution in [0.25, 0.3) is 0 Å². The van der Waals surface area contributed by atoms with Gasteiger partial charge in [-0.25, -0.2) is 0 Å². The Morgan fingerprint density at radius 2 is 2.10 bits per heavy atom. The van der Waals surface area contributed by atoms with Crippen molar-refractivity contribution in [3.05, 3.63) is 41.0 Å². The van der Waals surface area contributed by atoms with Crippen molar-refractivity contribution in [1.82, 2.24) is 15.5 Å². The SMILES string of the molecule is Cc1nc([C@@](C)(CS(C)=O)NC(=O)c2ccc(C3CC3)c(OCC3CC3)c2)no1. The molecule has 2 aliphatic carbocycles. The molecular formula is C21H27N3O4S. The van der Waals surface area contributed by atoms with Crippen molar-refractivity contribution in [2.45, 2.75) is 51.0 Å². The predicted octanol–water partition coefficient (Wildman–Crippen LogP) is 3.07. The van der Waals surface area contributed by atoms with Crippen LogP contribution in [0.3, 0.4) is 0 Å². The van der Waals surface area contributed by atoms with Crippen LogP contribution < -0.4 is 10.1 Å². The topological polar surface area (TPSA) is 94.3 Å². The van der Waals surface area contributed by atoms with E-state index in [-0.39, 0.29) is 11.7 Å². The van der Waals surface area contributed by atoms with Crippen LogP contribution in [0.1, 0.15) is 66.2 Å². The summed E-state index contributed by atoms with van der Waals surface area (Å²) in [5, 5.41) is 6.91. The second-order valence-corrected chi connectivity index (χ2v) is 9.86. The van der Waals surface area contributed by atoms with Crippen LogP contribution in [0.5, 0.6) is 5.75 Å². The van der Waals surface area contributed by atoms with Crippen LogP contribution in [0.2, 0.25) is 0 Å². The van der Waals surface area contributed by atoms with Crippen LogP contribution in [-0.2, 0) is 16.3 Å². The number of carbonyl (C=O) groups is 1. The van der Waals surface area contributed by atoms with Crippen molar-refractivity contribution in [3.8, 4) is 5.75 Å². The van der Waals surface area contributed by atoms with E-state index in [4.69, 9.17) is 9.26 Å². The summed E-state index contributed by atoms with van der Waals surface area (Å²) in [5.41, 5.74) is 0.695. The average molecular weight is 418 g/mol. The molecule has 7 nitrogen and oxygen atoms in total. The van der Waals surface area contributed by atoms with Gasteiger partial charge in [-0.05, 0) is 62.1 Å². The van der Waals surface area contributed by atoms with Gasteiger partial charge in [-0.3, -0.25) is 9.00 Å². The Bertz CT molecular complexity index is 936. The van der Waals surface area contributed by atoms with Gasteiger partial charge in [0.15, 0.2) is 5.82 Å². The Hall–Kier alpha value is -2.22. The van der Waals surface area contributed by atoms with Gasteiger partial charge >= 0.3 is 0 Å². The Kier molecular flexibility index (Phi) is 5.46. The average Bonchev–Trinajstić information content (AvgIpc) is 3.58. The third kappa shape index (κ3) is 4.86. The first kappa shape index (κ1) is 20.1. The van der Waals surface area contributed by atoms with E-state index in [9.17, 15) is 9.00 Å². The lowest BCUT2D eigenvalue weighted by Crippen LogP contribution is -2.48. The zero-order valence-corrected chi connectivity index (χ0v) is 17.9. The number of carbonyl (C=O) groups excluding carboxylic acids is 1. The van der Waals surface area contributed by atoms with Gasteiger partial charge in [0.1, 0.15) is 11.3 Å². The first-order valence-electron chi connectivity index (χ1n) is 10.0. The minimum atomic E-state index is -1.17. The van der Waals surface area contributed by atoms with Crippen LogP contribution in [0.15, 0.2) is 22.7 Å². The summed E-state index contributed by atoms with van der Waals surface area (Å²) in [7, 11) is -1.17. The molecule has 1 N–H and O–H groups in total. The maximum absolute atomic E-state index is 13.1. The molecule has 2 atom stereocenters. The van der Waals surface area contributed by atoms with Crippen molar-refractivity contribution in [2.75, 3.05) is 18.6 Å². The fourth-order valence-corrected chi connectivity index (χ4v) is 4.45. The van der Waals surface area contributed by atoms with Crippen LogP contribution >= 0.6 is 0 Å². The van der Waals surface area contributed by atoms with Crippen LogP contribution in [0, 0.1) is 12.8 Å². The van der Waals surface area contributed by atoms with Gasteiger partial charge in [0, 0.05) is 29.5 Å². The van der Waals surface area contributed by atoms with E-state index < -0.39 is 16.3 Å². The largest absolute Gasteiger partial charge is 0.493 e. The molecular weight excluding hydrogens is 390 g/mol. The first-order valence-corrected chi connectivity index (χ1v) is 11.8. The summed E-state index contributed by atoms with van der Waals surface area (Å²) in [4.78, 5) is 17.3. The minimum Gasteiger partial charge on any atom is -0.493 e. The quantitative estimate of drug-likeness (QED) is 0.674. The van der Waals surface area contributed by atoms with Gasteiger partial charge in [-0.15, -0.1) is 0 Å². The number of aryl methyl sites for hydroxylation is 1. The van der Waals surface area contributed by atoms with Gasteiger partial charge < -0.3 is 14.6 Å². The molecule has 2 fully saturated rings. The van der Waals surface area contributed by atoms with Crippen LogP contribution in [-0.4, -0.2) is 38.9 Å². The Morgan fingerprint density at radius 1 is 1.34 bits per heavy atom. The Morgan fingerprint density at radius 3 is 2.69 bits per heavy atom. The lowest BCUT2D eigenvalue weighted by Gasteiger charge is -2.26. The van der Waals surface area contributed by atoms with Gasteiger partial charge in [0.2, 0.25) is 5.89 Å². The highest BCUT2D eigenvalue weighted by Crippen LogP contribution is 2.45. The lowest BCUT2D eigenvalue weighted by atomic mass is 10.0. The first-order chi connectivity index (χ1) is 13.8. The maximum Gasteiger partial charge on any atom is 0.252 e. The molecule has 8 heteroatoms. The lowest BCUT2D eigenvalue weighted by molar-refractivity contribution is 0.0908. The molecule has 29 heavy (non-hydrogen) atoms. The Labute approximate surface area is 173 Å². The molecule has 2 saturated carbocycles. The molecule has 0 radical (unpaired) electrons. The normalized spacial score (nSPS) is 19.4. The molecule has 0 bridgehead atoms. The molecule has 1 heterocycles. The van der Waals surface area contributed by atoms with Gasteiger partial charge in [-0.1, -0.05) is 11.2 Å². The number of hydrogen-bond donors (Lipinski definition) is 1. The number of hydrogen-bond acceptors (Lipinski definition) is 6. The zero-order valence-electron chi connectivity index (χ0n) is 17.1. The number of ether oxygens (including phenoxy) is 1. The summed E-state index contributed by atoms with van der Waals surface area (Å²) in [6.07, 6.45) is 6.36. The molecule has 0 aliphatic heterocycles. The number of rotatable bonds is 9. The number of nitrogens with zero attached hydrogens (tertiary/aromatic N) is 2. The molecule has 1 unspecified atom stereocenters. The smallest absolute Gasteiger partial charge is 0.252 e. The predicted molar refractivity (Wildman–Crippen MR) is 109 cm³/mol. The molecule has 1 amide bonds. The van der Waals surface area contributed by atoms with E-state index in [1.54, 1.807) is 20.1 Å². The van der Waals surface area contributed by atoms with E-state index in [0.29, 0.717) is 35.7 Å². The second-order valence-electron chi connectivity index (χ2n) is 8.42. The highest BCUT2D eigenvalue weighted by molar-refractivity contribution is 7.84. The monoisotopic (exact) mass is 417 g/mol. The van der Waals surface area contributed by atoms with Crippen molar-refractivity contribution >= 4 is 16.7 Å². The molecule has 0 spiro atoms. The fraction of sp³-hybridized carbons (Fsp3) is 0.571. The molecule has 2 aliphatic rings. The molecule has 0 saturated heterocycles. The van der Waals surface area contributed by atoms with Gasteiger partial charge in [0.05, 0.1) is 12.4 Å². The number of benzene rings is 1. The number of aromatic nitrogens is 2. The third-order valence-corrected chi connectivity index (χ3v) is 6.35. The summed E-state index contributed by atoms with van der Waals surface area (Å²) in [6, 6.07) is 5.66. The maximum atomic E-state index is 13.1. The second kappa shape index (κ2) is 7.89. The number of amides is 1. The summed E-state index contributed by atoms with van der Waals surface area (Å²) in [6.45, 7) is 4.15. The van der Waals surface area contributed by atoms with Crippen molar-refractivity contribution in [2.24, 2.45) is 5.92 Å². The fourth-order valence-electron chi connectivity index (χ4n) is 3.43. The van der Waals surface area contributed by atoms with E-state index in [0.717, 1.165) is 5.75 Å². The molecule has 1 aromatic carbocycles. The van der Waals surface area contributed by atoms with E-state index in [1.807, 2.05) is 18.2 Å². The Balaban J connectivity index is 1.56. The van der Waals surface area contributed by atoms with Crippen molar-refractivity contribution in [1.29, 1.82) is 0 Å². The molecule has 2 aromatic rings. The van der Waals surface area contributed by atoms with Crippen molar-refractivity contribution in [3.63, 3.8) is 0 Å². The summed E-state index contributed by atoms with van der Waals surface area (Å²) in [5.74, 6) is 2.61. The standard InChI is InChI=1S/C21H27N3O4S/c1-13-22-20(24-28-13)21(2,12-29(3)26)23-19(25)16-8-9-17(15-6-7-15)18(10-16)27-11-14-4-5-14/h8-10,14-15H,4-7,11-12H2,1-3H3,(H,23,25)/t21-,29?/m1/s1. The number of nitrogens with one attached hydrogen (secondary N) is 1. The van der Waals surface area contributed by atoms with E-state index >= 15 is 0 Å².